The smallest absolute Gasteiger partial charge is 0.223 e. The van der Waals surface area contributed by atoms with Crippen LogP contribution in [0.25, 0.3) is 0 Å². The average Bonchev–Trinajstić information content (AvgIpc) is 2.51. The molecular formula is C18H25N3O2. The number of likely N-dealkylation sites (N-methyl/N-ethyl adjacent to an activating group) is 1. The van der Waals surface area contributed by atoms with Crippen LogP contribution in [0.5, 0.6) is 5.75 Å². The molecule has 1 N–H and O–H groups in total. The van der Waals surface area contributed by atoms with E-state index in [9.17, 15) is 9.90 Å². The highest BCUT2D eigenvalue weighted by atomic mass is 16.3. The summed E-state index contributed by atoms with van der Waals surface area (Å²) < 4.78 is 1.98. The first-order chi connectivity index (χ1) is 11.0. The number of hydrogen-bond acceptors (Lipinski definition) is 4. The Morgan fingerprint density at radius 1 is 1.30 bits per heavy atom. The van der Waals surface area contributed by atoms with Crippen molar-refractivity contribution < 1.29 is 5.11 Å². The lowest BCUT2D eigenvalue weighted by molar-refractivity contribution is 0.315. The van der Waals surface area contributed by atoms with Crippen LogP contribution in [0.15, 0.2) is 41.6 Å². The van der Waals surface area contributed by atoms with Gasteiger partial charge in [-0.25, -0.2) is 0 Å². The molecule has 2 aromatic rings. The van der Waals surface area contributed by atoms with E-state index < -0.39 is 0 Å². The number of hydrogen-bond donors (Lipinski definition) is 1. The molecule has 2 heterocycles. The van der Waals surface area contributed by atoms with Crippen molar-refractivity contribution in [3.05, 3.63) is 58.3 Å². The third kappa shape index (κ3) is 5.21. The lowest BCUT2D eigenvalue weighted by Crippen LogP contribution is -2.25. The molecule has 0 unspecified atom stereocenters. The summed E-state index contributed by atoms with van der Waals surface area (Å²) in [7, 11) is 2.04. The van der Waals surface area contributed by atoms with Gasteiger partial charge < -0.3 is 14.6 Å². The molecule has 0 bridgehead atoms. The lowest BCUT2D eigenvalue weighted by Gasteiger charge is -2.21. The molecule has 2 aromatic heterocycles. The zero-order chi connectivity index (χ0) is 16.8. The highest BCUT2D eigenvalue weighted by Crippen LogP contribution is 2.11. The summed E-state index contributed by atoms with van der Waals surface area (Å²) in [5.74, 6) is 0.256. The Kier molecular flexibility index (Phi) is 5.93. The second kappa shape index (κ2) is 7.92. The Morgan fingerprint density at radius 2 is 2.00 bits per heavy atom. The maximum Gasteiger partial charge on any atom is 0.223 e. The summed E-state index contributed by atoms with van der Waals surface area (Å²) in [6, 6.07) is 5.58. The van der Waals surface area contributed by atoms with Gasteiger partial charge in [0.1, 0.15) is 0 Å². The van der Waals surface area contributed by atoms with Gasteiger partial charge in [-0.05, 0) is 37.1 Å². The summed E-state index contributed by atoms with van der Waals surface area (Å²) in [5.41, 5.74) is 1.86. The van der Waals surface area contributed by atoms with Crippen LogP contribution in [0, 0.1) is 5.92 Å². The van der Waals surface area contributed by atoms with E-state index in [2.05, 4.69) is 23.7 Å². The standard InChI is InChI=1S/C18H25N3O2/c1-14(2)11-21-13-18(23)17(22)10-16(21)12-20(3)9-6-15-4-7-19-8-5-15/h4-5,7-8,10,13-14,23H,6,9,11-12H2,1-3H3. The van der Waals surface area contributed by atoms with E-state index in [1.807, 2.05) is 23.7 Å². The number of nitrogens with zero attached hydrogens (tertiary/aromatic N) is 3. The second-order valence-corrected chi connectivity index (χ2v) is 6.40. The summed E-state index contributed by atoms with van der Waals surface area (Å²) in [4.78, 5) is 18.0. The third-order valence-electron chi connectivity index (χ3n) is 3.72. The van der Waals surface area contributed by atoms with Crippen LogP contribution in [0.1, 0.15) is 25.1 Å². The van der Waals surface area contributed by atoms with Crippen LogP contribution in [0.2, 0.25) is 0 Å². The topological polar surface area (TPSA) is 58.4 Å². The van der Waals surface area contributed by atoms with Gasteiger partial charge in [0.25, 0.3) is 0 Å². The highest BCUT2D eigenvalue weighted by molar-refractivity contribution is 5.20. The second-order valence-electron chi connectivity index (χ2n) is 6.40. The number of aromatic hydroxyl groups is 1. The van der Waals surface area contributed by atoms with E-state index >= 15 is 0 Å². The molecule has 2 rings (SSSR count). The first-order valence-corrected chi connectivity index (χ1v) is 7.95. The Morgan fingerprint density at radius 3 is 2.65 bits per heavy atom. The van der Waals surface area contributed by atoms with Crippen LogP contribution in [0.4, 0.5) is 0 Å². The van der Waals surface area contributed by atoms with Crippen molar-refractivity contribution in [1.29, 1.82) is 0 Å². The van der Waals surface area contributed by atoms with E-state index in [1.165, 1.54) is 5.56 Å². The molecule has 0 aliphatic rings. The minimum Gasteiger partial charge on any atom is -0.503 e. The van der Waals surface area contributed by atoms with Gasteiger partial charge in [-0.2, -0.15) is 0 Å². The van der Waals surface area contributed by atoms with Crippen LogP contribution < -0.4 is 5.43 Å². The molecular weight excluding hydrogens is 290 g/mol. The van der Waals surface area contributed by atoms with E-state index in [-0.39, 0.29) is 11.2 Å². The van der Waals surface area contributed by atoms with Gasteiger partial charge in [0.2, 0.25) is 5.43 Å². The van der Waals surface area contributed by atoms with Crippen molar-refractivity contribution in [2.24, 2.45) is 5.92 Å². The molecule has 0 amide bonds. The average molecular weight is 315 g/mol. The molecule has 0 aromatic carbocycles. The van der Waals surface area contributed by atoms with Crippen molar-refractivity contribution in [3.63, 3.8) is 0 Å². The van der Waals surface area contributed by atoms with E-state index in [0.717, 1.165) is 25.2 Å². The summed E-state index contributed by atoms with van der Waals surface area (Å²) in [6.45, 7) is 6.58. The molecule has 5 heteroatoms. The number of aromatic nitrogens is 2. The van der Waals surface area contributed by atoms with E-state index in [1.54, 1.807) is 24.7 Å². The van der Waals surface area contributed by atoms with Gasteiger partial charge in [-0.15, -0.1) is 0 Å². The first-order valence-electron chi connectivity index (χ1n) is 7.95. The molecule has 124 valence electrons. The molecule has 0 aliphatic heterocycles. The maximum atomic E-state index is 11.7. The van der Waals surface area contributed by atoms with Crippen molar-refractivity contribution in [2.45, 2.75) is 33.4 Å². The fraction of sp³-hybridized carbons (Fsp3) is 0.444. The quantitative estimate of drug-likeness (QED) is 0.851. The molecule has 0 fully saturated rings. The predicted octanol–water partition coefficient (Wildman–Crippen LogP) is 2.28. The zero-order valence-corrected chi connectivity index (χ0v) is 14.1. The molecule has 0 radical (unpaired) electrons. The third-order valence-corrected chi connectivity index (χ3v) is 3.72. The number of rotatable bonds is 7. The van der Waals surface area contributed by atoms with Gasteiger partial charge >= 0.3 is 0 Å². The molecule has 23 heavy (non-hydrogen) atoms. The van der Waals surface area contributed by atoms with Crippen molar-refractivity contribution in [3.8, 4) is 5.75 Å². The van der Waals surface area contributed by atoms with Gasteiger partial charge in [-0.1, -0.05) is 13.8 Å². The van der Waals surface area contributed by atoms with Crippen LogP contribution in [-0.4, -0.2) is 33.1 Å². The Balaban J connectivity index is 2.05. The number of pyridine rings is 2. The monoisotopic (exact) mass is 315 g/mol. The normalized spacial score (nSPS) is 11.3. The summed E-state index contributed by atoms with van der Waals surface area (Å²) >= 11 is 0. The summed E-state index contributed by atoms with van der Waals surface area (Å²) in [6.07, 6.45) is 6.09. The van der Waals surface area contributed by atoms with Crippen LogP contribution in [0.3, 0.4) is 0 Å². The fourth-order valence-corrected chi connectivity index (χ4v) is 2.53. The molecule has 0 atom stereocenters. The molecule has 0 saturated heterocycles. The van der Waals surface area contributed by atoms with Crippen molar-refractivity contribution >= 4 is 0 Å². The van der Waals surface area contributed by atoms with Crippen LogP contribution >= 0.6 is 0 Å². The zero-order valence-electron chi connectivity index (χ0n) is 14.1. The van der Waals surface area contributed by atoms with E-state index in [4.69, 9.17) is 0 Å². The molecule has 0 saturated carbocycles. The summed E-state index contributed by atoms with van der Waals surface area (Å²) in [5, 5.41) is 9.67. The van der Waals surface area contributed by atoms with Gasteiger partial charge in [-0.3, -0.25) is 9.78 Å². The Labute approximate surface area is 137 Å². The Hall–Kier alpha value is -2.14. The molecule has 0 spiro atoms. The van der Waals surface area contributed by atoms with Gasteiger partial charge in [0.05, 0.1) is 6.20 Å². The minimum atomic E-state index is -0.317. The predicted molar refractivity (Wildman–Crippen MR) is 91.5 cm³/mol. The fourth-order valence-electron chi connectivity index (χ4n) is 2.53. The molecule has 5 nitrogen and oxygen atoms in total. The van der Waals surface area contributed by atoms with Crippen molar-refractivity contribution in [1.82, 2.24) is 14.5 Å². The van der Waals surface area contributed by atoms with Crippen molar-refractivity contribution in [2.75, 3.05) is 13.6 Å². The molecule has 0 aliphatic carbocycles. The Bertz CT molecular complexity index is 680. The SMILES string of the molecule is CC(C)Cn1cc(O)c(=O)cc1CN(C)CCc1ccncc1. The lowest BCUT2D eigenvalue weighted by atomic mass is 10.2. The first kappa shape index (κ1) is 17.2. The minimum absolute atomic E-state index is 0.186. The van der Waals surface area contributed by atoms with Gasteiger partial charge in [0.15, 0.2) is 5.75 Å². The largest absolute Gasteiger partial charge is 0.503 e. The van der Waals surface area contributed by atoms with Crippen LogP contribution in [-0.2, 0) is 19.5 Å². The van der Waals surface area contributed by atoms with E-state index in [0.29, 0.717) is 12.5 Å². The maximum absolute atomic E-state index is 11.7. The van der Waals surface area contributed by atoms with Gasteiger partial charge in [0, 0.05) is 43.8 Å². The highest BCUT2D eigenvalue weighted by Gasteiger charge is 2.10.